The Kier molecular flexibility index (Phi) is 7.87. The second-order valence-electron chi connectivity index (χ2n) is 7.33. The van der Waals surface area contributed by atoms with E-state index in [0.29, 0.717) is 46.6 Å². The zero-order chi connectivity index (χ0) is 24.8. The average molecular weight is 522 g/mol. The first-order valence-corrected chi connectivity index (χ1v) is 12.8. The second-order valence-corrected chi connectivity index (χ2v) is 10.1. The first kappa shape index (κ1) is 24.9. The van der Waals surface area contributed by atoms with Crippen molar-refractivity contribution in [2.24, 2.45) is 5.16 Å². The van der Waals surface area contributed by atoms with Gasteiger partial charge in [-0.2, -0.15) is 0 Å². The number of aliphatic hydroxyl groups is 1. The minimum absolute atomic E-state index is 0.0224. The van der Waals surface area contributed by atoms with Crippen molar-refractivity contribution in [2.45, 2.75) is 17.4 Å². The quantitative estimate of drug-likeness (QED) is 0.262. The summed E-state index contributed by atoms with van der Waals surface area (Å²) < 4.78 is 37.2. The highest BCUT2D eigenvalue weighted by molar-refractivity contribution is 7.89. The predicted molar refractivity (Wildman–Crippen MR) is 128 cm³/mol. The van der Waals surface area contributed by atoms with Gasteiger partial charge < -0.3 is 19.4 Å². The predicted octanol–water partition coefficient (Wildman–Crippen LogP) is 1.12. The van der Waals surface area contributed by atoms with Gasteiger partial charge in [0.15, 0.2) is 16.9 Å². The van der Waals surface area contributed by atoms with E-state index in [2.05, 4.69) is 25.2 Å². The smallest absolute Gasteiger partial charge is 0.280 e. The summed E-state index contributed by atoms with van der Waals surface area (Å²) in [6.45, 7) is 0.457. The molecule has 2 aromatic heterocycles. The summed E-state index contributed by atoms with van der Waals surface area (Å²) in [5, 5.41) is 15.9. The number of ether oxygens (including phenoxy) is 2. The Balaban J connectivity index is 1.58. The zero-order valence-corrected chi connectivity index (χ0v) is 20.3. The van der Waals surface area contributed by atoms with Gasteiger partial charge in [-0.1, -0.05) is 28.6 Å². The first-order valence-electron chi connectivity index (χ1n) is 10.5. The summed E-state index contributed by atoms with van der Waals surface area (Å²) in [5.74, 6) is -0.166. The first-order chi connectivity index (χ1) is 16.9. The van der Waals surface area contributed by atoms with E-state index in [-0.39, 0.29) is 29.9 Å². The van der Waals surface area contributed by atoms with Gasteiger partial charge >= 0.3 is 0 Å². The number of anilines is 1. The molecule has 14 heteroatoms. The molecule has 0 radical (unpaired) electrons. The largest absolute Gasteiger partial charge is 0.481 e. The molecular weight excluding hydrogens is 498 g/mol. The summed E-state index contributed by atoms with van der Waals surface area (Å²) >= 11 is 1.17. The molecule has 35 heavy (non-hydrogen) atoms. The Labute approximate surface area is 205 Å². The van der Waals surface area contributed by atoms with E-state index in [4.69, 9.17) is 19.4 Å². The maximum absolute atomic E-state index is 13.2. The molecule has 0 unspecified atom stereocenters. The lowest BCUT2D eigenvalue weighted by Crippen LogP contribution is -2.27. The van der Waals surface area contributed by atoms with Crippen LogP contribution in [0.25, 0.3) is 10.3 Å². The third-order valence-electron chi connectivity index (χ3n) is 4.90. The van der Waals surface area contributed by atoms with Crippen molar-refractivity contribution in [3.63, 3.8) is 0 Å². The fourth-order valence-electron chi connectivity index (χ4n) is 3.13. The molecule has 1 saturated heterocycles. The number of carbonyl (C=O) groups excluding carboxylic acids is 1. The number of benzene rings is 1. The molecular formula is C21H23N5O7S2. The van der Waals surface area contributed by atoms with Gasteiger partial charge in [0.2, 0.25) is 15.9 Å². The van der Waals surface area contributed by atoms with Crippen LogP contribution >= 0.6 is 11.3 Å². The standard InChI is InChI=1S/C21H23N5O7S2/c1-31-17-7-6-16-20(24-17)34-21(23-16)25-19(28)18(26-33-14-8-11-32-12-14)13-2-4-15(5-3-13)35(29,30)22-9-10-27/h2-7,14,22,27H,8-12H2,1H3,(H,23,25,28)/b26-18+/t14-/m1/s1. The van der Waals surface area contributed by atoms with Gasteiger partial charge in [-0.3, -0.25) is 10.1 Å². The van der Waals surface area contributed by atoms with Crippen molar-refractivity contribution in [2.75, 3.05) is 38.8 Å². The van der Waals surface area contributed by atoms with E-state index < -0.39 is 15.9 Å². The Morgan fingerprint density at radius 1 is 1.26 bits per heavy atom. The van der Waals surface area contributed by atoms with Gasteiger partial charge in [-0.05, 0) is 18.2 Å². The molecule has 186 valence electrons. The maximum atomic E-state index is 13.2. The van der Waals surface area contributed by atoms with Crippen LogP contribution in [0.2, 0.25) is 0 Å². The van der Waals surface area contributed by atoms with Crippen molar-refractivity contribution in [3.8, 4) is 5.88 Å². The zero-order valence-electron chi connectivity index (χ0n) is 18.6. The number of thiazole rings is 1. The van der Waals surface area contributed by atoms with Gasteiger partial charge in [-0.15, -0.1) is 0 Å². The molecule has 0 saturated carbocycles. The number of nitrogens with zero attached hydrogens (tertiary/aromatic N) is 3. The van der Waals surface area contributed by atoms with Gasteiger partial charge in [0, 0.05) is 24.6 Å². The van der Waals surface area contributed by atoms with Crippen molar-refractivity contribution < 1.29 is 32.6 Å². The number of pyridine rings is 1. The number of rotatable bonds is 10. The highest BCUT2D eigenvalue weighted by Gasteiger charge is 2.22. The van der Waals surface area contributed by atoms with Crippen LogP contribution in [0.5, 0.6) is 5.88 Å². The number of aromatic nitrogens is 2. The van der Waals surface area contributed by atoms with Crippen LogP contribution in [0.3, 0.4) is 0 Å². The van der Waals surface area contributed by atoms with Crippen molar-refractivity contribution >= 4 is 48.5 Å². The number of hydrogen-bond donors (Lipinski definition) is 3. The lowest BCUT2D eigenvalue weighted by molar-refractivity contribution is -0.110. The van der Waals surface area contributed by atoms with Crippen LogP contribution in [0, 0.1) is 0 Å². The van der Waals surface area contributed by atoms with Crippen molar-refractivity contribution in [3.05, 3.63) is 42.0 Å². The van der Waals surface area contributed by atoms with Gasteiger partial charge in [0.25, 0.3) is 5.91 Å². The van der Waals surface area contributed by atoms with Crippen LogP contribution in [0.15, 0.2) is 46.4 Å². The van der Waals surface area contributed by atoms with Crippen LogP contribution in [0.1, 0.15) is 12.0 Å². The summed E-state index contributed by atoms with van der Waals surface area (Å²) in [4.78, 5) is 27.9. The lowest BCUT2D eigenvalue weighted by Gasteiger charge is -2.10. The molecule has 0 spiro atoms. The molecule has 1 amide bonds. The molecule has 0 aliphatic carbocycles. The highest BCUT2D eigenvalue weighted by atomic mass is 32.2. The second kappa shape index (κ2) is 11.0. The van der Waals surface area contributed by atoms with Crippen molar-refractivity contribution in [1.29, 1.82) is 0 Å². The van der Waals surface area contributed by atoms with Crippen LogP contribution in [0.4, 0.5) is 5.13 Å². The molecule has 1 aliphatic heterocycles. The topological polar surface area (TPSA) is 161 Å². The lowest BCUT2D eigenvalue weighted by atomic mass is 10.1. The number of aliphatic hydroxyl groups excluding tert-OH is 1. The Morgan fingerprint density at radius 3 is 2.74 bits per heavy atom. The molecule has 4 rings (SSSR count). The number of fused-ring (bicyclic) bond motifs is 1. The third kappa shape index (κ3) is 6.10. The van der Waals surface area contributed by atoms with E-state index in [9.17, 15) is 13.2 Å². The molecule has 3 N–H and O–H groups in total. The molecule has 1 atom stereocenters. The fourth-order valence-corrected chi connectivity index (χ4v) is 4.97. The fraction of sp³-hybridized carbons (Fsp3) is 0.333. The maximum Gasteiger partial charge on any atom is 0.280 e. The van der Waals surface area contributed by atoms with Gasteiger partial charge in [0.05, 0.1) is 31.8 Å². The number of carbonyl (C=O) groups is 1. The third-order valence-corrected chi connectivity index (χ3v) is 7.25. The van der Waals surface area contributed by atoms with Gasteiger partial charge in [-0.25, -0.2) is 23.1 Å². The van der Waals surface area contributed by atoms with E-state index in [1.54, 1.807) is 12.1 Å². The van der Waals surface area contributed by atoms with Crippen LogP contribution in [-0.4, -0.2) is 74.7 Å². The molecule has 1 aromatic carbocycles. The Morgan fingerprint density at radius 2 is 2.06 bits per heavy atom. The molecule has 3 aromatic rings. The van der Waals surface area contributed by atoms with E-state index in [1.165, 1.54) is 42.7 Å². The highest BCUT2D eigenvalue weighted by Crippen LogP contribution is 2.26. The van der Waals surface area contributed by atoms with Crippen molar-refractivity contribution in [1.82, 2.24) is 14.7 Å². The van der Waals surface area contributed by atoms with Crippen LogP contribution < -0.4 is 14.8 Å². The Hall–Kier alpha value is -3.17. The number of amides is 1. The summed E-state index contributed by atoms with van der Waals surface area (Å²) in [7, 11) is -2.29. The average Bonchev–Trinajstić information content (AvgIpc) is 3.52. The van der Waals surface area contributed by atoms with Gasteiger partial charge in [0.1, 0.15) is 10.3 Å². The number of nitrogens with one attached hydrogen (secondary N) is 2. The SMILES string of the molecule is COc1ccc2nc(NC(=O)/C(=N/O[C@@H]3CCOC3)c3ccc(S(=O)(=O)NCCO)cc3)sc2n1. The monoisotopic (exact) mass is 521 g/mol. The summed E-state index contributed by atoms with van der Waals surface area (Å²) in [6, 6.07) is 8.98. The van der Waals surface area contributed by atoms with E-state index >= 15 is 0 Å². The number of methoxy groups -OCH3 is 1. The summed E-state index contributed by atoms with van der Waals surface area (Å²) in [6.07, 6.45) is 0.344. The molecule has 0 bridgehead atoms. The molecule has 1 aliphatic rings. The Bertz CT molecular complexity index is 1320. The normalized spacial score (nSPS) is 16.4. The van der Waals surface area contributed by atoms with Crippen LogP contribution in [-0.2, 0) is 24.4 Å². The minimum atomic E-state index is -3.80. The summed E-state index contributed by atoms with van der Waals surface area (Å²) in [5.41, 5.74) is 0.867. The minimum Gasteiger partial charge on any atom is -0.481 e. The number of sulfonamides is 1. The number of oxime groups is 1. The molecule has 12 nitrogen and oxygen atoms in total. The number of hydrogen-bond acceptors (Lipinski definition) is 11. The molecule has 1 fully saturated rings. The van der Waals surface area contributed by atoms with E-state index in [1.807, 2.05) is 0 Å². The molecule has 3 heterocycles. The van der Waals surface area contributed by atoms with E-state index in [0.717, 1.165) is 0 Å².